The minimum atomic E-state index is -0.516. The number of hydrogen-bond acceptors (Lipinski definition) is 2. The number of rotatable bonds is 6. The Morgan fingerprint density at radius 3 is 2.24 bits per heavy atom. The second kappa shape index (κ2) is 8.73. The molecule has 0 heterocycles. The maximum atomic E-state index is 13.7. The van der Waals surface area contributed by atoms with Crippen LogP contribution in [0.15, 0.2) is 46.9 Å². The van der Waals surface area contributed by atoms with Gasteiger partial charge in [0.05, 0.1) is 12.7 Å². The van der Waals surface area contributed by atoms with Crippen molar-refractivity contribution >= 4 is 39.1 Å². The molecule has 0 saturated heterocycles. The van der Waals surface area contributed by atoms with Crippen molar-refractivity contribution in [3.05, 3.63) is 58.3 Å². The molecule has 0 aliphatic rings. The molecule has 132 valence electrons. The zero-order valence-electron chi connectivity index (χ0n) is 14.0. The average Bonchev–Trinajstić information content (AvgIpc) is 2.52. The summed E-state index contributed by atoms with van der Waals surface area (Å²) in [5.74, 6) is -1.07. The van der Waals surface area contributed by atoms with Crippen LogP contribution in [0.1, 0.15) is 5.56 Å². The molecule has 5 nitrogen and oxygen atoms in total. The monoisotopic (exact) mass is 408 g/mol. The van der Waals surface area contributed by atoms with Crippen LogP contribution in [0, 0.1) is 12.7 Å². The molecule has 0 fully saturated rings. The van der Waals surface area contributed by atoms with Gasteiger partial charge in [0.25, 0.3) is 11.8 Å². The van der Waals surface area contributed by atoms with Gasteiger partial charge in [0.2, 0.25) is 0 Å². The maximum Gasteiger partial charge on any atom is 0.279 e. The predicted octanol–water partition coefficient (Wildman–Crippen LogP) is 1.99. The van der Waals surface area contributed by atoms with E-state index in [0.717, 1.165) is 5.56 Å². The fraction of sp³-hybridized carbons (Fsp3) is 0.222. The van der Waals surface area contributed by atoms with Gasteiger partial charge in [-0.1, -0.05) is 33.6 Å². The van der Waals surface area contributed by atoms with Crippen molar-refractivity contribution in [1.29, 1.82) is 0 Å². The van der Waals surface area contributed by atoms with E-state index < -0.39 is 5.82 Å². The molecule has 3 N–H and O–H groups in total. The van der Waals surface area contributed by atoms with Crippen molar-refractivity contribution in [2.75, 3.05) is 30.8 Å². The first kappa shape index (κ1) is 19.1. The number of benzene rings is 2. The summed E-state index contributed by atoms with van der Waals surface area (Å²) < 4.78 is 14.3. The van der Waals surface area contributed by atoms with Gasteiger partial charge in [-0.05, 0) is 37.3 Å². The first-order valence-corrected chi connectivity index (χ1v) is 8.55. The lowest BCUT2D eigenvalue weighted by Crippen LogP contribution is -3.11. The first-order chi connectivity index (χ1) is 11.8. The van der Waals surface area contributed by atoms with Crippen LogP contribution in [-0.2, 0) is 9.59 Å². The highest BCUT2D eigenvalue weighted by Gasteiger charge is 2.15. The van der Waals surface area contributed by atoms with Crippen LogP contribution < -0.4 is 15.5 Å². The summed E-state index contributed by atoms with van der Waals surface area (Å²) >= 11 is 3.16. The second-order valence-corrected chi connectivity index (χ2v) is 6.81. The summed E-state index contributed by atoms with van der Waals surface area (Å²) in [6.45, 7) is 2.15. The molecule has 2 aromatic rings. The molecule has 0 radical (unpaired) electrons. The number of quaternary nitrogens is 1. The third-order valence-corrected chi connectivity index (χ3v) is 3.96. The van der Waals surface area contributed by atoms with Gasteiger partial charge in [0.15, 0.2) is 13.1 Å². The van der Waals surface area contributed by atoms with E-state index in [1.54, 1.807) is 13.1 Å². The first-order valence-electron chi connectivity index (χ1n) is 7.76. The van der Waals surface area contributed by atoms with Gasteiger partial charge in [-0.25, -0.2) is 4.39 Å². The Morgan fingerprint density at radius 2 is 1.64 bits per heavy atom. The average molecular weight is 409 g/mol. The van der Waals surface area contributed by atoms with Crippen LogP contribution in [0.5, 0.6) is 0 Å². The third kappa shape index (κ3) is 6.28. The molecule has 25 heavy (non-hydrogen) atoms. The molecule has 1 atom stereocenters. The quantitative estimate of drug-likeness (QED) is 0.684. The van der Waals surface area contributed by atoms with Crippen molar-refractivity contribution < 1.29 is 18.9 Å². The van der Waals surface area contributed by atoms with E-state index in [1.807, 2.05) is 31.2 Å². The molecule has 0 aliphatic heterocycles. The molecule has 0 spiro atoms. The Hall–Kier alpha value is -2.25. The third-order valence-electron chi connectivity index (χ3n) is 3.47. The van der Waals surface area contributed by atoms with Crippen molar-refractivity contribution in [2.45, 2.75) is 6.92 Å². The number of anilines is 2. The number of amides is 2. The van der Waals surface area contributed by atoms with Gasteiger partial charge < -0.3 is 15.5 Å². The Bertz CT molecular complexity index is 765. The zero-order valence-corrected chi connectivity index (χ0v) is 15.6. The smallest absolute Gasteiger partial charge is 0.279 e. The van der Waals surface area contributed by atoms with Crippen LogP contribution in [0.25, 0.3) is 0 Å². The molecule has 2 rings (SSSR count). The van der Waals surface area contributed by atoms with E-state index in [-0.39, 0.29) is 30.6 Å². The zero-order chi connectivity index (χ0) is 18.4. The molecule has 1 unspecified atom stereocenters. The summed E-state index contributed by atoms with van der Waals surface area (Å²) in [5, 5.41) is 5.29. The van der Waals surface area contributed by atoms with Gasteiger partial charge in [-0.15, -0.1) is 0 Å². The second-order valence-electron chi connectivity index (χ2n) is 5.90. The van der Waals surface area contributed by atoms with Crippen molar-refractivity contribution in [2.24, 2.45) is 0 Å². The van der Waals surface area contributed by atoms with Gasteiger partial charge in [0.1, 0.15) is 5.82 Å². The number of likely N-dealkylation sites (N-methyl/N-ethyl adjacent to an activating group) is 1. The highest BCUT2D eigenvalue weighted by atomic mass is 79.9. The van der Waals surface area contributed by atoms with Crippen molar-refractivity contribution in [3.8, 4) is 0 Å². The highest BCUT2D eigenvalue weighted by molar-refractivity contribution is 9.10. The van der Waals surface area contributed by atoms with Crippen LogP contribution >= 0.6 is 15.9 Å². The van der Waals surface area contributed by atoms with Crippen LogP contribution in [0.4, 0.5) is 15.8 Å². The van der Waals surface area contributed by atoms with Crippen LogP contribution in [0.3, 0.4) is 0 Å². The van der Waals surface area contributed by atoms with Crippen LogP contribution in [0.2, 0.25) is 0 Å². The van der Waals surface area contributed by atoms with E-state index in [4.69, 9.17) is 0 Å². The van der Waals surface area contributed by atoms with Gasteiger partial charge in [-0.2, -0.15) is 0 Å². The molecule has 7 heteroatoms. The molecule has 2 amide bonds. The molecule has 0 saturated carbocycles. The van der Waals surface area contributed by atoms with E-state index in [2.05, 4.69) is 26.6 Å². The number of aryl methyl sites for hydroxylation is 1. The van der Waals surface area contributed by atoms with E-state index in [0.29, 0.717) is 15.1 Å². The summed E-state index contributed by atoms with van der Waals surface area (Å²) in [6.07, 6.45) is 0. The summed E-state index contributed by atoms with van der Waals surface area (Å²) in [5.41, 5.74) is 1.94. The normalized spacial score (nSPS) is 11.7. The summed E-state index contributed by atoms with van der Waals surface area (Å²) in [6, 6.07) is 11.9. The largest absolute Gasteiger partial charge is 0.322 e. The molecule has 2 aromatic carbocycles. The van der Waals surface area contributed by atoms with E-state index >= 15 is 0 Å². The lowest BCUT2D eigenvalue weighted by molar-refractivity contribution is -0.862. The molecule has 0 aliphatic carbocycles. The van der Waals surface area contributed by atoms with Gasteiger partial charge in [-0.3, -0.25) is 9.59 Å². The number of hydrogen-bond donors (Lipinski definition) is 3. The number of nitrogens with one attached hydrogen (secondary N) is 3. The van der Waals surface area contributed by atoms with Crippen molar-refractivity contribution in [1.82, 2.24) is 0 Å². The Morgan fingerprint density at radius 1 is 1.04 bits per heavy atom. The fourth-order valence-electron chi connectivity index (χ4n) is 2.24. The number of carbonyl (C=O) groups excluding carboxylic acids is 2. The Balaban J connectivity index is 1.82. The van der Waals surface area contributed by atoms with Gasteiger partial charge in [0, 0.05) is 10.2 Å². The highest BCUT2D eigenvalue weighted by Crippen LogP contribution is 2.18. The minimum Gasteiger partial charge on any atom is -0.322 e. The molecule has 0 bridgehead atoms. The minimum absolute atomic E-state index is 0.0524. The Kier molecular flexibility index (Phi) is 6.66. The summed E-state index contributed by atoms with van der Waals surface area (Å²) in [4.78, 5) is 24.7. The van der Waals surface area contributed by atoms with Crippen LogP contribution in [-0.4, -0.2) is 32.0 Å². The molecule has 0 aromatic heterocycles. The molecular formula is C18H20BrFN3O2+. The lowest BCUT2D eigenvalue weighted by Gasteiger charge is -2.14. The standard InChI is InChI=1S/C18H19BrFN3O2/c1-12-3-6-14(7-4-12)21-17(24)10-23(2)11-18(25)22-16-8-5-13(19)9-15(16)20/h3-9H,10-11H2,1-2H3,(H,21,24)(H,22,25)/p+1. The van der Waals surface area contributed by atoms with Crippen molar-refractivity contribution in [3.63, 3.8) is 0 Å². The fourth-order valence-corrected chi connectivity index (χ4v) is 2.57. The molecular weight excluding hydrogens is 389 g/mol. The van der Waals surface area contributed by atoms with Gasteiger partial charge >= 0.3 is 0 Å². The topological polar surface area (TPSA) is 62.6 Å². The number of carbonyl (C=O) groups is 2. The Labute approximate surface area is 154 Å². The number of halogens is 2. The predicted molar refractivity (Wildman–Crippen MR) is 99.2 cm³/mol. The van der Waals surface area contributed by atoms with E-state index in [9.17, 15) is 14.0 Å². The maximum absolute atomic E-state index is 13.7. The van der Waals surface area contributed by atoms with E-state index in [1.165, 1.54) is 12.1 Å². The lowest BCUT2D eigenvalue weighted by atomic mass is 10.2. The summed E-state index contributed by atoms with van der Waals surface area (Å²) in [7, 11) is 1.73. The SMILES string of the molecule is Cc1ccc(NC(=O)C[NH+](C)CC(=O)Nc2ccc(Br)cc2F)cc1.